The highest BCUT2D eigenvalue weighted by Gasteiger charge is 2.17. The number of H-pyrrole nitrogens is 2. The molecule has 0 spiro atoms. The van der Waals surface area contributed by atoms with Crippen molar-refractivity contribution >= 4 is 57.8 Å². The molecule has 8 heteroatoms. The molecule has 0 saturated heterocycles. The van der Waals surface area contributed by atoms with E-state index < -0.39 is 4.92 Å². The van der Waals surface area contributed by atoms with Crippen molar-refractivity contribution in [3.8, 4) is 0 Å². The molecular weight excluding hydrogens is 442 g/mol. The van der Waals surface area contributed by atoms with Gasteiger partial charge in [-0.2, -0.15) is 0 Å². The predicted octanol–water partition coefficient (Wildman–Crippen LogP) is 5.79. The van der Waals surface area contributed by atoms with Crippen LogP contribution >= 0.6 is 0 Å². The van der Waals surface area contributed by atoms with E-state index in [1.807, 2.05) is 54.6 Å². The molecule has 5 heterocycles. The summed E-state index contributed by atoms with van der Waals surface area (Å²) in [4.78, 5) is 40.0. The Hall–Kier alpha value is -5.11. The van der Waals surface area contributed by atoms with Gasteiger partial charge in [-0.05, 0) is 66.8 Å². The summed E-state index contributed by atoms with van der Waals surface area (Å²) < 4.78 is 0. The minimum absolute atomic E-state index is 0.135. The van der Waals surface area contributed by atoms with Crippen molar-refractivity contribution < 1.29 is 9.72 Å². The molecule has 0 fully saturated rings. The van der Waals surface area contributed by atoms with Gasteiger partial charge < -0.3 is 9.97 Å². The number of benzene rings is 1. The van der Waals surface area contributed by atoms with Crippen LogP contribution in [-0.2, 0) is 0 Å². The monoisotopic (exact) mass is 459 g/mol. The normalized spacial score (nSPS) is 12.1. The number of nitro groups is 1. The second-order valence-corrected chi connectivity index (χ2v) is 8.22. The summed E-state index contributed by atoms with van der Waals surface area (Å²) in [5.74, 6) is -0.324. The Morgan fingerprint density at radius 1 is 0.714 bits per heavy atom. The van der Waals surface area contributed by atoms with E-state index >= 15 is 0 Å². The van der Waals surface area contributed by atoms with E-state index in [-0.39, 0.29) is 17.0 Å². The van der Waals surface area contributed by atoms with Gasteiger partial charge in [-0.15, -0.1) is 0 Å². The maximum atomic E-state index is 13.4. The highest BCUT2D eigenvalue weighted by Crippen LogP contribution is 2.23. The van der Waals surface area contributed by atoms with Gasteiger partial charge in [0.05, 0.1) is 33.2 Å². The van der Waals surface area contributed by atoms with E-state index in [0.29, 0.717) is 22.3 Å². The highest BCUT2D eigenvalue weighted by molar-refractivity contribution is 6.14. The summed E-state index contributed by atoms with van der Waals surface area (Å²) in [5, 5.41) is 11.2. The summed E-state index contributed by atoms with van der Waals surface area (Å²) in [5.41, 5.74) is 6.56. The Balaban J connectivity index is 1.60. The SMILES string of the molecule is O=C(c1cccc([N+](=O)[O-])c1)c1cc2cc3nc(cc4ccc(cc5nc(cc1[nH]2)C=C5)[nH]4)C=C3. The van der Waals surface area contributed by atoms with Crippen LogP contribution in [0.25, 0.3) is 46.4 Å². The molecule has 8 bridgehead atoms. The maximum Gasteiger partial charge on any atom is 0.270 e. The molecule has 0 aliphatic carbocycles. The molecule has 0 amide bonds. The lowest BCUT2D eigenvalue weighted by molar-refractivity contribution is -0.384. The third-order valence-corrected chi connectivity index (χ3v) is 5.73. The van der Waals surface area contributed by atoms with Crippen LogP contribution in [-0.4, -0.2) is 30.6 Å². The van der Waals surface area contributed by atoms with Crippen LogP contribution in [0.4, 0.5) is 5.69 Å². The van der Waals surface area contributed by atoms with Crippen LogP contribution in [0.1, 0.15) is 38.7 Å². The van der Waals surface area contributed by atoms with Gasteiger partial charge in [-0.1, -0.05) is 12.1 Å². The van der Waals surface area contributed by atoms with E-state index in [1.165, 1.54) is 18.2 Å². The predicted molar refractivity (Wildman–Crippen MR) is 135 cm³/mol. The molecule has 0 unspecified atom stereocenters. The Morgan fingerprint density at radius 2 is 1.31 bits per heavy atom. The number of non-ortho nitro benzene ring substituents is 1. The van der Waals surface area contributed by atoms with Gasteiger partial charge in [-0.3, -0.25) is 14.9 Å². The molecule has 6 rings (SSSR count). The van der Waals surface area contributed by atoms with E-state index in [1.54, 1.807) is 18.2 Å². The zero-order chi connectivity index (χ0) is 23.9. The molecule has 2 aliphatic rings. The summed E-state index contributed by atoms with van der Waals surface area (Å²) >= 11 is 0. The molecule has 8 nitrogen and oxygen atoms in total. The molecule has 2 aliphatic heterocycles. The van der Waals surface area contributed by atoms with Crippen molar-refractivity contribution in [2.24, 2.45) is 0 Å². The average molecular weight is 459 g/mol. The van der Waals surface area contributed by atoms with Gasteiger partial charge in [0.1, 0.15) is 0 Å². The van der Waals surface area contributed by atoms with E-state index in [0.717, 1.165) is 28.1 Å². The van der Waals surface area contributed by atoms with Crippen LogP contribution in [0.2, 0.25) is 0 Å². The Bertz CT molecular complexity index is 1760. The molecule has 1 aromatic carbocycles. The van der Waals surface area contributed by atoms with Crippen LogP contribution in [0.3, 0.4) is 0 Å². The number of carbonyl (C=O) groups excluding carboxylic acids is 1. The number of nitro benzene ring substituents is 1. The summed E-state index contributed by atoms with van der Waals surface area (Å²) in [6.07, 6.45) is 7.59. The Labute approximate surface area is 198 Å². The smallest absolute Gasteiger partial charge is 0.270 e. The number of rotatable bonds is 3. The minimum atomic E-state index is -0.513. The first kappa shape index (κ1) is 20.5. The summed E-state index contributed by atoms with van der Waals surface area (Å²) in [7, 11) is 0. The largest absolute Gasteiger partial charge is 0.355 e. The lowest BCUT2D eigenvalue weighted by atomic mass is 10.0. The maximum absolute atomic E-state index is 13.4. The van der Waals surface area contributed by atoms with Crippen LogP contribution < -0.4 is 0 Å². The fourth-order valence-corrected chi connectivity index (χ4v) is 4.12. The number of carbonyl (C=O) groups is 1. The first-order chi connectivity index (χ1) is 17.0. The fourth-order valence-electron chi connectivity index (χ4n) is 4.12. The molecule has 4 aromatic rings. The van der Waals surface area contributed by atoms with Gasteiger partial charge in [0.15, 0.2) is 5.78 Å². The number of hydrogen-bond donors (Lipinski definition) is 2. The number of fused-ring (bicyclic) bond motifs is 8. The topological polar surface area (TPSA) is 118 Å². The summed E-state index contributed by atoms with van der Waals surface area (Å²) in [6, 6.07) is 19.0. The van der Waals surface area contributed by atoms with E-state index in [4.69, 9.17) is 0 Å². The van der Waals surface area contributed by atoms with Gasteiger partial charge in [-0.25, -0.2) is 9.97 Å². The molecule has 168 valence electrons. The summed E-state index contributed by atoms with van der Waals surface area (Å²) in [6.45, 7) is 0. The second kappa shape index (κ2) is 8.03. The third-order valence-electron chi connectivity index (χ3n) is 5.73. The number of aromatic nitrogens is 4. The van der Waals surface area contributed by atoms with Crippen molar-refractivity contribution in [1.29, 1.82) is 0 Å². The van der Waals surface area contributed by atoms with Crippen LogP contribution in [0.15, 0.2) is 66.7 Å². The van der Waals surface area contributed by atoms with Crippen LogP contribution in [0.5, 0.6) is 0 Å². The Kier molecular flexibility index (Phi) is 4.70. The number of nitrogens with one attached hydrogen (secondary N) is 2. The number of ketones is 1. The van der Waals surface area contributed by atoms with Gasteiger partial charge in [0, 0.05) is 39.8 Å². The Morgan fingerprint density at radius 3 is 1.94 bits per heavy atom. The molecule has 0 atom stereocenters. The first-order valence-corrected chi connectivity index (χ1v) is 10.9. The quantitative estimate of drug-likeness (QED) is 0.197. The minimum Gasteiger partial charge on any atom is -0.355 e. The zero-order valence-corrected chi connectivity index (χ0v) is 18.2. The molecule has 0 saturated carbocycles. The first-order valence-electron chi connectivity index (χ1n) is 10.9. The highest BCUT2D eigenvalue weighted by atomic mass is 16.6. The van der Waals surface area contributed by atoms with Crippen molar-refractivity contribution in [1.82, 2.24) is 19.9 Å². The molecule has 2 N–H and O–H groups in total. The fraction of sp³-hybridized carbons (Fsp3) is 0. The third kappa shape index (κ3) is 4.04. The van der Waals surface area contributed by atoms with Crippen molar-refractivity contribution in [3.05, 3.63) is 111 Å². The standard InChI is InChI=1S/C27H17N5O3/c33-27(16-2-1-3-24(10-16)32(34)35)25-14-23-13-21-7-6-19(29-21)11-17-4-5-18(28-17)12-20-8-9-22(30-20)15-26(25)31-23/h1-15,28,31H. The van der Waals surface area contributed by atoms with Crippen LogP contribution in [0, 0.1) is 10.1 Å². The zero-order valence-electron chi connectivity index (χ0n) is 18.2. The molecule has 0 radical (unpaired) electrons. The molecule has 3 aromatic heterocycles. The lowest BCUT2D eigenvalue weighted by Crippen LogP contribution is -2.01. The molecule has 35 heavy (non-hydrogen) atoms. The van der Waals surface area contributed by atoms with Crippen molar-refractivity contribution in [3.63, 3.8) is 0 Å². The van der Waals surface area contributed by atoms with Gasteiger partial charge in [0.25, 0.3) is 5.69 Å². The van der Waals surface area contributed by atoms with E-state index in [2.05, 4.69) is 19.9 Å². The number of nitrogens with zero attached hydrogens (tertiary/aromatic N) is 3. The van der Waals surface area contributed by atoms with Gasteiger partial charge >= 0.3 is 0 Å². The second-order valence-electron chi connectivity index (χ2n) is 8.22. The van der Waals surface area contributed by atoms with Gasteiger partial charge in [0.2, 0.25) is 0 Å². The lowest BCUT2D eigenvalue weighted by Gasteiger charge is -1.99. The molecular formula is C27H17N5O3. The van der Waals surface area contributed by atoms with Crippen molar-refractivity contribution in [2.45, 2.75) is 0 Å². The van der Waals surface area contributed by atoms with Crippen molar-refractivity contribution in [2.75, 3.05) is 0 Å². The number of aromatic amines is 2. The number of hydrogen-bond acceptors (Lipinski definition) is 5. The average Bonchev–Trinajstić information content (AvgIpc) is 3.64. The van der Waals surface area contributed by atoms with E-state index in [9.17, 15) is 14.9 Å².